The molecular formula is C18H30IN5O4. The first kappa shape index (κ1) is 24.1. The van der Waals surface area contributed by atoms with Gasteiger partial charge in [-0.1, -0.05) is 0 Å². The van der Waals surface area contributed by atoms with E-state index in [1.165, 1.54) is 12.0 Å². The summed E-state index contributed by atoms with van der Waals surface area (Å²) < 4.78 is 10.1. The minimum Gasteiger partial charge on any atom is -0.469 e. The van der Waals surface area contributed by atoms with Gasteiger partial charge in [-0.05, 0) is 25.0 Å². The highest BCUT2D eigenvalue weighted by molar-refractivity contribution is 14.0. The van der Waals surface area contributed by atoms with Gasteiger partial charge in [-0.2, -0.15) is 0 Å². The molecule has 0 aliphatic carbocycles. The molecule has 1 aromatic heterocycles. The van der Waals surface area contributed by atoms with Crippen molar-refractivity contribution in [1.29, 1.82) is 0 Å². The van der Waals surface area contributed by atoms with Crippen LogP contribution in [0.2, 0.25) is 0 Å². The Morgan fingerprint density at radius 2 is 2.07 bits per heavy atom. The number of nitrogens with one attached hydrogen (secondary N) is 2. The topological polar surface area (TPSA) is 99.4 Å². The predicted molar refractivity (Wildman–Crippen MR) is 117 cm³/mol. The fourth-order valence-corrected chi connectivity index (χ4v) is 2.73. The number of furan rings is 1. The second kappa shape index (κ2) is 12.5. The van der Waals surface area contributed by atoms with Crippen LogP contribution in [0, 0.1) is 0 Å². The predicted octanol–water partition coefficient (Wildman–Crippen LogP) is 1.29. The van der Waals surface area contributed by atoms with Gasteiger partial charge in [0.25, 0.3) is 0 Å². The van der Waals surface area contributed by atoms with Gasteiger partial charge in [-0.15, -0.1) is 24.0 Å². The lowest BCUT2D eigenvalue weighted by atomic mass is 10.1. The molecule has 1 fully saturated rings. The molecule has 2 amide bonds. The van der Waals surface area contributed by atoms with Crippen molar-refractivity contribution in [1.82, 2.24) is 20.4 Å². The maximum absolute atomic E-state index is 11.8. The van der Waals surface area contributed by atoms with Crippen LogP contribution >= 0.6 is 24.0 Å². The second-order valence-electron chi connectivity index (χ2n) is 6.58. The largest absolute Gasteiger partial charge is 0.469 e. The zero-order valence-electron chi connectivity index (χ0n) is 16.6. The molecule has 0 atom stereocenters. The van der Waals surface area contributed by atoms with Gasteiger partial charge < -0.3 is 29.6 Å². The highest BCUT2D eigenvalue weighted by atomic mass is 127. The average molecular weight is 507 g/mol. The van der Waals surface area contributed by atoms with E-state index in [2.05, 4.69) is 15.6 Å². The highest BCUT2D eigenvalue weighted by Gasteiger charge is 2.23. The average Bonchev–Trinajstić information content (AvgIpc) is 3.19. The molecule has 158 valence electrons. The Bertz CT molecular complexity index is 628. The summed E-state index contributed by atoms with van der Waals surface area (Å²) in [6, 6.07) is 3.95. The van der Waals surface area contributed by atoms with Gasteiger partial charge in [0.2, 0.25) is 5.91 Å². The minimum atomic E-state index is -0.296. The molecule has 0 saturated carbocycles. The number of hydrogen-bond acceptors (Lipinski definition) is 5. The Labute approximate surface area is 182 Å². The molecule has 10 heteroatoms. The molecule has 1 aliphatic heterocycles. The summed E-state index contributed by atoms with van der Waals surface area (Å²) in [7, 11) is 4.80. The quantitative estimate of drug-likeness (QED) is 0.342. The van der Waals surface area contributed by atoms with E-state index in [-0.39, 0.29) is 48.6 Å². The lowest BCUT2D eigenvalue weighted by Crippen LogP contribution is -2.50. The maximum atomic E-state index is 11.8. The number of carbonyl (C=O) groups is 2. The molecule has 28 heavy (non-hydrogen) atoms. The number of guanidine groups is 1. The van der Waals surface area contributed by atoms with Crippen molar-refractivity contribution in [3.63, 3.8) is 0 Å². The zero-order valence-corrected chi connectivity index (χ0v) is 19.0. The zero-order chi connectivity index (χ0) is 19.6. The molecule has 0 radical (unpaired) electrons. The van der Waals surface area contributed by atoms with Gasteiger partial charge in [-0.3, -0.25) is 4.79 Å². The Morgan fingerprint density at radius 1 is 1.36 bits per heavy atom. The van der Waals surface area contributed by atoms with E-state index < -0.39 is 0 Å². The van der Waals surface area contributed by atoms with E-state index in [1.807, 2.05) is 12.1 Å². The third-order valence-electron chi connectivity index (χ3n) is 4.38. The Morgan fingerprint density at radius 3 is 2.64 bits per heavy atom. The summed E-state index contributed by atoms with van der Waals surface area (Å²) in [5, 5.41) is 6.61. The van der Waals surface area contributed by atoms with E-state index in [0.29, 0.717) is 25.6 Å². The molecular weight excluding hydrogens is 477 g/mol. The van der Waals surface area contributed by atoms with Crippen molar-refractivity contribution in [2.75, 3.05) is 47.4 Å². The van der Waals surface area contributed by atoms with Gasteiger partial charge in [0.1, 0.15) is 12.3 Å². The molecule has 1 saturated heterocycles. The van der Waals surface area contributed by atoms with Gasteiger partial charge in [0.05, 0.1) is 13.4 Å². The molecule has 0 aromatic carbocycles. The first-order valence-electron chi connectivity index (χ1n) is 9.10. The van der Waals surface area contributed by atoms with Crippen LogP contribution < -0.4 is 10.6 Å². The number of nitrogens with zero attached hydrogens (tertiary/aromatic N) is 3. The third kappa shape index (κ3) is 7.95. The molecule has 9 nitrogen and oxygen atoms in total. The number of rotatable bonds is 6. The third-order valence-corrected chi connectivity index (χ3v) is 4.38. The number of amides is 2. The number of carbonyl (C=O) groups excluding carboxylic acids is 2. The van der Waals surface area contributed by atoms with E-state index in [1.54, 1.807) is 25.3 Å². The van der Waals surface area contributed by atoms with Gasteiger partial charge in [0.15, 0.2) is 5.96 Å². The number of methoxy groups -OCH3 is 1. The van der Waals surface area contributed by atoms with Crippen molar-refractivity contribution in [3.05, 3.63) is 24.2 Å². The van der Waals surface area contributed by atoms with Crippen LogP contribution in [0.4, 0.5) is 4.79 Å². The SMILES string of the molecule is COC(=O)N1CCC(NC(=NCC(=O)N(C)C)NCCc2ccco2)CC1.I. The van der Waals surface area contributed by atoms with Crippen molar-refractivity contribution in [3.8, 4) is 0 Å². The molecule has 0 spiro atoms. The monoisotopic (exact) mass is 507 g/mol. The van der Waals surface area contributed by atoms with Crippen LogP contribution in [0.3, 0.4) is 0 Å². The number of hydrogen-bond donors (Lipinski definition) is 2. The Hall–Kier alpha value is -1.98. The lowest BCUT2D eigenvalue weighted by molar-refractivity contribution is -0.127. The highest BCUT2D eigenvalue weighted by Crippen LogP contribution is 2.11. The molecule has 1 aromatic rings. The van der Waals surface area contributed by atoms with E-state index in [4.69, 9.17) is 9.15 Å². The van der Waals surface area contributed by atoms with Crippen molar-refractivity contribution in [2.24, 2.45) is 4.99 Å². The van der Waals surface area contributed by atoms with Gasteiger partial charge >= 0.3 is 6.09 Å². The number of piperidine rings is 1. The maximum Gasteiger partial charge on any atom is 0.409 e. The smallest absolute Gasteiger partial charge is 0.409 e. The van der Waals surface area contributed by atoms with Crippen molar-refractivity contribution < 1.29 is 18.7 Å². The molecule has 1 aliphatic rings. The van der Waals surface area contributed by atoms with Crippen molar-refractivity contribution in [2.45, 2.75) is 25.3 Å². The van der Waals surface area contributed by atoms with Crippen LogP contribution in [-0.4, -0.2) is 81.2 Å². The number of ether oxygens (including phenoxy) is 1. The Balaban J connectivity index is 0.00000392. The van der Waals surface area contributed by atoms with Crippen molar-refractivity contribution >= 4 is 41.9 Å². The number of aliphatic imine (C=N–C) groups is 1. The van der Waals surface area contributed by atoms with Crippen LogP contribution in [0.25, 0.3) is 0 Å². The first-order chi connectivity index (χ1) is 13.0. The molecule has 0 unspecified atom stereocenters. The summed E-state index contributed by atoms with van der Waals surface area (Å²) in [4.78, 5) is 31.0. The van der Waals surface area contributed by atoms with Gasteiger partial charge in [0, 0.05) is 46.2 Å². The molecule has 2 N–H and O–H groups in total. The summed E-state index contributed by atoms with van der Waals surface area (Å²) >= 11 is 0. The summed E-state index contributed by atoms with van der Waals surface area (Å²) in [5.41, 5.74) is 0. The fraction of sp³-hybridized carbons (Fsp3) is 0.611. The van der Waals surface area contributed by atoms with E-state index in [9.17, 15) is 9.59 Å². The summed E-state index contributed by atoms with van der Waals surface area (Å²) in [6.45, 7) is 1.96. The first-order valence-corrected chi connectivity index (χ1v) is 9.10. The molecule has 2 rings (SSSR count). The summed E-state index contributed by atoms with van der Waals surface area (Å²) in [6.07, 6.45) is 3.64. The number of likely N-dealkylation sites (tertiary alicyclic amines) is 1. The van der Waals surface area contributed by atoms with E-state index >= 15 is 0 Å². The van der Waals surface area contributed by atoms with Crippen LogP contribution in [0.5, 0.6) is 0 Å². The number of likely N-dealkylation sites (N-methyl/N-ethyl adjacent to an activating group) is 1. The fourth-order valence-electron chi connectivity index (χ4n) is 2.73. The molecule has 0 bridgehead atoms. The lowest BCUT2D eigenvalue weighted by Gasteiger charge is -2.32. The molecule has 2 heterocycles. The second-order valence-corrected chi connectivity index (χ2v) is 6.58. The normalized spacial score (nSPS) is 14.8. The Kier molecular flexibility index (Phi) is 10.7. The minimum absolute atomic E-state index is 0. The summed E-state index contributed by atoms with van der Waals surface area (Å²) in [5.74, 6) is 1.41. The van der Waals surface area contributed by atoms with Crippen LogP contribution in [0.15, 0.2) is 27.8 Å². The van der Waals surface area contributed by atoms with Crippen LogP contribution in [0.1, 0.15) is 18.6 Å². The standard InChI is InChI=1S/C18H29N5O4.HI/c1-22(2)16(24)13-20-17(19-9-6-15-5-4-12-27-15)21-14-7-10-23(11-8-14)18(25)26-3;/h4-5,12,14H,6-11,13H2,1-3H3,(H2,19,20,21);1H. The van der Waals surface area contributed by atoms with Gasteiger partial charge in [-0.25, -0.2) is 9.79 Å². The van der Waals surface area contributed by atoms with E-state index in [0.717, 1.165) is 25.0 Å². The van der Waals surface area contributed by atoms with Crippen LogP contribution in [-0.2, 0) is 16.0 Å². The number of halogens is 1.